The van der Waals surface area contributed by atoms with Gasteiger partial charge >= 0.3 is 11.9 Å². The van der Waals surface area contributed by atoms with Crippen molar-refractivity contribution in [1.29, 1.82) is 0 Å². The van der Waals surface area contributed by atoms with Gasteiger partial charge in [-0.3, -0.25) is 0 Å². The van der Waals surface area contributed by atoms with Crippen LogP contribution in [-0.4, -0.2) is 32.3 Å². The molecule has 0 saturated carbocycles. The van der Waals surface area contributed by atoms with E-state index < -0.39 is 17.5 Å². The molecule has 0 spiro atoms. The van der Waals surface area contributed by atoms with Crippen molar-refractivity contribution in [1.82, 2.24) is 4.57 Å². The molecule has 0 radical (unpaired) electrons. The normalized spacial score (nSPS) is 11.6. The predicted octanol–water partition coefficient (Wildman–Crippen LogP) is 4.25. The summed E-state index contributed by atoms with van der Waals surface area (Å²) in [7, 11) is 0. The lowest BCUT2D eigenvalue weighted by molar-refractivity contribution is -0.152. The van der Waals surface area contributed by atoms with Crippen LogP contribution in [-0.2, 0) is 11.3 Å². The zero-order valence-corrected chi connectivity index (χ0v) is 16.3. The molecule has 2 aromatic carbocycles. The molecule has 1 aromatic heterocycles. The zero-order valence-electron chi connectivity index (χ0n) is 16.3. The van der Waals surface area contributed by atoms with Gasteiger partial charge < -0.3 is 19.5 Å². The number of carboxylic acid groups (broad SMARTS) is 2. The summed E-state index contributed by atoms with van der Waals surface area (Å²) in [5.41, 5.74) is 2.95. The van der Waals surface area contributed by atoms with Crippen molar-refractivity contribution < 1.29 is 24.5 Å². The number of nitrogens with zero attached hydrogens (tertiary/aromatic N) is 1. The number of benzene rings is 2. The predicted molar refractivity (Wildman–Crippen MR) is 106 cm³/mol. The topological polar surface area (TPSA) is 88.8 Å². The molecule has 0 saturated heterocycles. The fourth-order valence-electron chi connectivity index (χ4n) is 3.21. The SMILES string of the molecule is Cc1c(C)n(Cc2cccc(OC(C)(C)C(=O)O)c2)c2ccc(C(=O)O)cc12. The number of hydrogen-bond acceptors (Lipinski definition) is 3. The molecule has 146 valence electrons. The quantitative estimate of drug-likeness (QED) is 0.666. The van der Waals surface area contributed by atoms with Crippen LogP contribution in [0.1, 0.15) is 41.0 Å². The highest BCUT2D eigenvalue weighted by molar-refractivity contribution is 5.95. The Morgan fingerprint density at radius 1 is 1.07 bits per heavy atom. The van der Waals surface area contributed by atoms with Gasteiger partial charge in [0.25, 0.3) is 0 Å². The third-order valence-electron chi connectivity index (χ3n) is 5.01. The van der Waals surface area contributed by atoms with E-state index in [2.05, 4.69) is 4.57 Å². The van der Waals surface area contributed by atoms with Crippen LogP contribution < -0.4 is 4.74 Å². The molecule has 6 nitrogen and oxygen atoms in total. The monoisotopic (exact) mass is 381 g/mol. The van der Waals surface area contributed by atoms with Crippen LogP contribution >= 0.6 is 0 Å². The molecular weight excluding hydrogens is 358 g/mol. The number of aliphatic carboxylic acids is 1. The second kappa shape index (κ2) is 7.03. The molecule has 28 heavy (non-hydrogen) atoms. The van der Waals surface area contributed by atoms with Crippen molar-refractivity contribution >= 4 is 22.8 Å². The molecule has 1 heterocycles. The maximum Gasteiger partial charge on any atom is 0.347 e. The Hall–Kier alpha value is -3.28. The molecule has 0 aliphatic rings. The maximum absolute atomic E-state index is 11.3. The summed E-state index contributed by atoms with van der Waals surface area (Å²) in [5.74, 6) is -1.49. The minimum Gasteiger partial charge on any atom is -0.478 e. The number of fused-ring (bicyclic) bond motifs is 1. The van der Waals surface area contributed by atoms with Gasteiger partial charge in [-0.05, 0) is 69.2 Å². The number of carbonyl (C=O) groups is 2. The van der Waals surface area contributed by atoms with Gasteiger partial charge in [-0.25, -0.2) is 9.59 Å². The van der Waals surface area contributed by atoms with Gasteiger partial charge in [-0.1, -0.05) is 12.1 Å². The van der Waals surface area contributed by atoms with Gasteiger partial charge in [0.2, 0.25) is 0 Å². The highest BCUT2D eigenvalue weighted by Gasteiger charge is 2.29. The van der Waals surface area contributed by atoms with E-state index in [0.29, 0.717) is 12.3 Å². The standard InChI is InChI=1S/C22H23NO5/c1-13-14(2)23(19-9-8-16(20(24)25)11-18(13)19)12-15-6-5-7-17(10-15)28-22(3,4)21(26)27/h5-11H,12H2,1-4H3,(H,24,25)(H,26,27). The Morgan fingerprint density at radius 2 is 1.79 bits per heavy atom. The molecule has 0 atom stereocenters. The maximum atomic E-state index is 11.3. The van der Waals surface area contributed by atoms with E-state index in [1.165, 1.54) is 13.8 Å². The number of rotatable bonds is 6. The van der Waals surface area contributed by atoms with Crippen molar-refractivity contribution in [2.75, 3.05) is 0 Å². The van der Waals surface area contributed by atoms with E-state index in [-0.39, 0.29) is 5.56 Å². The molecule has 0 aliphatic heterocycles. The van der Waals surface area contributed by atoms with E-state index in [1.54, 1.807) is 18.2 Å². The molecular formula is C22H23NO5. The average Bonchev–Trinajstić information content (AvgIpc) is 2.86. The zero-order chi connectivity index (χ0) is 20.6. The highest BCUT2D eigenvalue weighted by Crippen LogP contribution is 2.28. The lowest BCUT2D eigenvalue weighted by Crippen LogP contribution is -2.37. The minimum absolute atomic E-state index is 0.263. The molecule has 3 aromatic rings. The third-order valence-corrected chi connectivity index (χ3v) is 5.01. The van der Waals surface area contributed by atoms with Gasteiger partial charge in [0.1, 0.15) is 5.75 Å². The summed E-state index contributed by atoms with van der Waals surface area (Å²) in [6.07, 6.45) is 0. The van der Waals surface area contributed by atoms with E-state index in [0.717, 1.165) is 27.7 Å². The third kappa shape index (κ3) is 3.58. The van der Waals surface area contributed by atoms with Gasteiger partial charge in [0, 0.05) is 23.1 Å². The van der Waals surface area contributed by atoms with Crippen molar-refractivity contribution in [2.24, 2.45) is 0 Å². The second-order valence-electron chi connectivity index (χ2n) is 7.40. The Labute approximate surface area is 163 Å². The van der Waals surface area contributed by atoms with Crippen LogP contribution in [0.15, 0.2) is 42.5 Å². The fraction of sp³-hybridized carbons (Fsp3) is 0.273. The lowest BCUT2D eigenvalue weighted by atomic mass is 10.1. The van der Waals surface area contributed by atoms with Crippen LogP contribution in [0.5, 0.6) is 5.75 Å². The second-order valence-corrected chi connectivity index (χ2v) is 7.40. The Morgan fingerprint density at radius 3 is 2.43 bits per heavy atom. The number of aryl methyl sites for hydroxylation is 1. The molecule has 0 bridgehead atoms. The molecule has 0 fully saturated rings. The van der Waals surface area contributed by atoms with Gasteiger partial charge in [-0.15, -0.1) is 0 Å². The fourth-order valence-corrected chi connectivity index (χ4v) is 3.21. The van der Waals surface area contributed by atoms with Crippen molar-refractivity contribution in [3.63, 3.8) is 0 Å². The summed E-state index contributed by atoms with van der Waals surface area (Å²) in [4.78, 5) is 22.6. The van der Waals surface area contributed by atoms with Gasteiger partial charge in [0.15, 0.2) is 5.60 Å². The minimum atomic E-state index is -1.32. The Bertz CT molecular complexity index is 1080. The molecule has 0 unspecified atom stereocenters. The first-order valence-electron chi connectivity index (χ1n) is 8.94. The van der Waals surface area contributed by atoms with Crippen LogP contribution in [0.2, 0.25) is 0 Å². The molecule has 2 N–H and O–H groups in total. The number of ether oxygens (including phenoxy) is 1. The Balaban J connectivity index is 1.97. The summed E-state index contributed by atoms with van der Waals surface area (Å²) >= 11 is 0. The molecule has 0 aliphatic carbocycles. The first-order chi connectivity index (χ1) is 13.1. The van der Waals surface area contributed by atoms with Gasteiger partial charge in [-0.2, -0.15) is 0 Å². The van der Waals surface area contributed by atoms with Crippen LogP contribution in [0, 0.1) is 13.8 Å². The average molecular weight is 381 g/mol. The number of hydrogen-bond donors (Lipinski definition) is 2. The summed E-state index contributed by atoms with van der Waals surface area (Å²) < 4.78 is 7.76. The highest BCUT2D eigenvalue weighted by atomic mass is 16.5. The van der Waals surface area contributed by atoms with E-state index in [9.17, 15) is 19.8 Å². The van der Waals surface area contributed by atoms with Crippen LogP contribution in [0.4, 0.5) is 0 Å². The smallest absolute Gasteiger partial charge is 0.347 e. The number of aromatic nitrogens is 1. The largest absolute Gasteiger partial charge is 0.478 e. The summed E-state index contributed by atoms with van der Waals surface area (Å²) in [5, 5.41) is 19.4. The molecule has 0 amide bonds. The van der Waals surface area contributed by atoms with E-state index >= 15 is 0 Å². The van der Waals surface area contributed by atoms with Crippen molar-refractivity contribution in [3.05, 3.63) is 64.8 Å². The van der Waals surface area contributed by atoms with Crippen LogP contribution in [0.25, 0.3) is 10.9 Å². The van der Waals surface area contributed by atoms with Crippen molar-refractivity contribution in [2.45, 2.75) is 39.8 Å². The van der Waals surface area contributed by atoms with Gasteiger partial charge in [0.05, 0.1) is 5.56 Å². The first kappa shape index (κ1) is 19.5. The molecule has 6 heteroatoms. The van der Waals surface area contributed by atoms with Crippen molar-refractivity contribution in [3.8, 4) is 5.75 Å². The summed E-state index contributed by atoms with van der Waals surface area (Å²) in [6.45, 7) is 7.57. The van der Waals surface area contributed by atoms with E-state index in [4.69, 9.17) is 4.74 Å². The Kier molecular flexibility index (Phi) is 4.89. The number of aromatic carboxylic acids is 1. The summed E-state index contributed by atoms with van der Waals surface area (Å²) in [6, 6.07) is 12.5. The van der Waals surface area contributed by atoms with E-state index in [1.807, 2.05) is 38.1 Å². The first-order valence-corrected chi connectivity index (χ1v) is 8.94. The van der Waals surface area contributed by atoms with Crippen LogP contribution in [0.3, 0.4) is 0 Å². The number of carboxylic acids is 2. The molecule has 3 rings (SSSR count). The lowest BCUT2D eigenvalue weighted by Gasteiger charge is -2.22.